The van der Waals surface area contributed by atoms with Gasteiger partial charge in [-0.1, -0.05) is 103 Å². The van der Waals surface area contributed by atoms with E-state index in [0.29, 0.717) is 17.5 Å². The molecule has 238 valence electrons. The van der Waals surface area contributed by atoms with E-state index in [1.54, 1.807) is 11.3 Å². The molecule has 0 spiro atoms. The lowest BCUT2D eigenvalue weighted by atomic mass is 9.99. The Morgan fingerprint density at radius 3 is 1.78 bits per heavy atom. The highest BCUT2D eigenvalue weighted by Crippen LogP contribution is 2.41. The first-order valence-corrected chi connectivity index (χ1v) is 18.5. The van der Waals surface area contributed by atoms with E-state index in [2.05, 4.69) is 109 Å². The molecule has 0 aliphatic rings. The highest BCUT2D eigenvalue weighted by atomic mass is 32.1. The third-order valence-electron chi connectivity index (χ3n) is 9.75. The van der Waals surface area contributed by atoms with Crippen molar-refractivity contribution in [3.63, 3.8) is 0 Å². The van der Waals surface area contributed by atoms with Crippen LogP contribution in [0.15, 0.2) is 156 Å². The Kier molecular flexibility index (Phi) is 6.26. The third kappa shape index (κ3) is 4.61. The summed E-state index contributed by atoms with van der Waals surface area (Å²) in [5.41, 5.74) is 6.74. The van der Waals surface area contributed by atoms with E-state index in [1.807, 2.05) is 53.8 Å². The third-order valence-corrected chi connectivity index (χ3v) is 12.0. The first-order chi connectivity index (χ1) is 25.2. The number of nitrogens with zero attached hydrogens (tertiary/aromatic N) is 3. The van der Waals surface area contributed by atoms with Gasteiger partial charge >= 0.3 is 0 Å². The van der Waals surface area contributed by atoms with E-state index in [4.69, 9.17) is 19.4 Å². The number of hydrogen-bond donors (Lipinski definition) is 0. The molecule has 4 aromatic heterocycles. The fraction of sp³-hybridized carbons (Fsp3) is 0. The molecule has 0 saturated heterocycles. The molecule has 0 fully saturated rings. The minimum Gasteiger partial charge on any atom is -0.456 e. The summed E-state index contributed by atoms with van der Waals surface area (Å²) < 4.78 is 11.5. The predicted octanol–water partition coefficient (Wildman–Crippen LogP) is 13.2. The van der Waals surface area contributed by atoms with Crippen molar-refractivity contribution in [2.45, 2.75) is 0 Å². The largest absolute Gasteiger partial charge is 0.456 e. The Morgan fingerprint density at radius 1 is 0.353 bits per heavy atom. The normalized spacial score (nSPS) is 11.9. The van der Waals surface area contributed by atoms with E-state index in [1.165, 1.54) is 45.9 Å². The fourth-order valence-electron chi connectivity index (χ4n) is 7.31. The predicted molar refractivity (Wildman–Crippen MR) is 215 cm³/mol. The molecule has 51 heavy (non-hydrogen) atoms. The number of furan rings is 1. The lowest BCUT2D eigenvalue weighted by Gasteiger charge is -2.09. The van der Waals surface area contributed by atoms with Gasteiger partial charge in [-0.3, -0.25) is 0 Å². The molecule has 7 aromatic carbocycles. The van der Waals surface area contributed by atoms with Gasteiger partial charge in [0, 0.05) is 67.8 Å². The lowest BCUT2D eigenvalue weighted by Crippen LogP contribution is -2.00. The summed E-state index contributed by atoms with van der Waals surface area (Å²) >= 11 is 3.63. The van der Waals surface area contributed by atoms with Crippen LogP contribution in [0, 0.1) is 0 Å². The molecule has 4 heterocycles. The van der Waals surface area contributed by atoms with Gasteiger partial charge in [0.15, 0.2) is 17.5 Å². The molecule has 11 aromatic rings. The average Bonchev–Trinajstić information content (AvgIpc) is 3.88. The molecule has 11 rings (SSSR count). The zero-order chi connectivity index (χ0) is 33.5. The number of thiophene rings is 2. The highest BCUT2D eigenvalue weighted by molar-refractivity contribution is 7.26. The summed E-state index contributed by atoms with van der Waals surface area (Å²) in [6.45, 7) is 0. The fourth-order valence-corrected chi connectivity index (χ4v) is 9.54. The van der Waals surface area contributed by atoms with Crippen molar-refractivity contribution in [3.8, 4) is 45.3 Å². The Balaban J connectivity index is 1.11. The Hall–Kier alpha value is -6.21. The van der Waals surface area contributed by atoms with Crippen LogP contribution in [-0.4, -0.2) is 15.0 Å². The Labute approximate surface area is 299 Å². The van der Waals surface area contributed by atoms with Gasteiger partial charge in [-0.05, 0) is 59.7 Å². The zero-order valence-corrected chi connectivity index (χ0v) is 28.6. The maximum absolute atomic E-state index is 6.46. The summed E-state index contributed by atoms with van der Waals surface area (Å²) in [6, 6.07) is 53.3. The van der Waals surface area contributed by atoms with Crippen LogP contribution in [0.3, 0.4) is 0 Å². The van der Waals surface area contributed by atoms with E-state index >= 15 is 0 Å². The monoisotopic (exact) mass is 687 g/mol. The van der Waals surface area contributed by atoms with Gasteiger partial charge in [0.2, 0.25) is 0 Å². The van der Waals surface area contributed by atoms with E-state index in [9.17, 15) is 0 Å². The summed E-state index contributed by atoms with van der Waals surface area (Å²) in [5, 5.41) is 7.12. The zero-order valence-electron chi connectivity index (χ0n) is 27.0. The topological polar surface area (TPSA) is 51.8 Å². The van der Waals surface area contributed by atoms with E-state index in [-0.39, 0.29) is 0 Å². The van der Waals surface area contributed by atoms with Gasteiger partial charge in [-0.2, -0.15) is 0 Å². The molecule has 0 unspecified atom stereocenters. The number of fused-ring (bicyclic) bond motifs is 9. The average molecular weight is 688 g/mol. The maximum Gasteiger partial charge on any atom is 0.164 e. The standard InChI is InChI=1S/C45H25N3OS2/c1-2-9-26(10-3-1)43-46-44(29-17-20-32-30-11-4-6-15-38(30)51-41(32)25-29)48-45(47-43)33-13-8-14-37-42(33)35-24-27(18-21-36(35)49-37)28-19-22-40-34(23-28)31-12-5-7-16-39(31)50-40/h1-25H. The molecule has 0 aliphatic carbocycles. The molecule has 6 heteroatoms. The molecular weight excluding hydrogens is 663 g/mol. The Bertz CT molecular complexity index is 3160. The molecule has 0 bridgehead atoms. The second-order valence-electron chi connectivity index (χ2n) is 12.8. The molecule has 0 aliphatic heterocycles. The minimum absolute atomic E-state index is 0.611. The molecule has 0 amide bonds. The highest BCUT2D eigenvalue weighted by Gasteiger charge is 2.19. The maximum atomic E-state index is 6.46. The van der Waals surface area contributed by atoms with E-state index in [0.717, 1.165) is 44.2 Å². The SMILES string of the molecule is c1ccc(-c2nc(-c3ccc4c(c3)sc3ccccc34)nc(-c3cccc4oc5ccc(-c6ccc7sc8ccccc8c7c6)cc5c34)n2)cc1. The first-order valence-electron chi connectivity index (χ1n) is 16.8. The number of rotatable bonds is 4. The van der Waals surface area contributed by atoms with Gasteiger partial charge in [0.05, 0.1) is 0 Å². The molecule has 0 radical (unpaired) electrons. The number of benzene rings is 7. The number of hydrogen-bond acceptors (Lipinski definition) is 6. The van der Waals surface area contributed by atoms with Gasteiger partial charge < -0.3 is 4.42 Å². The molecule has 0 atom stereocenters. The first kappa shape index (κ1) is 28.6. The Morgan fingerprint density at radius 2 is 0.961 bits per heavy atom. The minimum atomic E-state index is 0.611. The smallest absolute Gasteiger partial charge is 0.164 e. The van der Waals surface area contributed by atoms with Crippen molar-refractivity contribution in [2.24, 2.45) is 0 Å². The van der Waals surface area contributed by atoms with Crippen LogP contribution in [0.4, 0.5) is 0 Å². The van der Waals surface area contributed by atoms with Crippen LogP contribution in [0.5, 0.6) is 0 Å². The second kappa shape index (κ2) is 11.2. The molecular formula is C45H25N3OS2. The molecule has 4 nitrogen and oxygen atoms in total. The van der Waals surface area contributed by atoms with Crippen LogP contribution < -0.4 is 0 Å². The van der Waals surface area contributed by atoms with Crippen molar-refractivity contribution in [1.82, 2.24) is 15.0 Å². The van der Waals surface area contributed by atoms with Gasteiger partial charge in [0.1, 0.15) is 11.2 Å². The second-order valence-corrected chi connectivity index (χ2v) is 14.9. The van der Waals surface area contributed by atoms with Crippen molar-refractivity contribution in [2.75, 3.05) is 0 Å². The van der Waals surface area contributed by atoms with Crippen LogP contribution in [0.2, 0.25) is 0 Å². The van der Waals surface area contributed by atoms with Crippen LogP contribution >= 0.6 is 22.7 Å². The van der Waals surface area contributed by atoms with Crippen LogP contribution in [0.1, 0.15) is 0 Å². The van der Waals surface area contributed by atoms with Crippen LogP contribution in [0.25, 0.3) is 108 Å². The quantitative estimate of drug-likeness (QED) is 0.185. The summed E-state index contributed by atoms with van der Waals surface area (Å²) in [4.78, 5) is 15.3. The molecule has 0 saturated carbocycles. The van der Waals surface area contributed by atoms with Gasteiger partial charge in [0.25, 0.3) is 0 Å². The van der Waals surface area contributed by atoms with Crippen molar-refractivity contribution in [1.29, 1.82) is 0 Å². The summed E-state index contributed by atoms with van der Waals surface area (Å²) in [6.07, 6.45) is 0. The van der Waals surface area contributed by atoms with Crippen LogP contribution in [-0.2, 0) is 0 Å². The summed E-state index contributed by atoms with van der Waals surface area (Å²) in [7, 11) is 0. The molecule has 0 N–H and O–H groups in total. The van der Waals surface area contributed by atoms with Crippen molar-refractivity contribution in [3.05, 3.63) is 152 Å². The van der Waals surface area contributed by atoms with E-state index < -0.39 is 0 Å². The van der Waals surface area contributed by atoms with Crippen molar-refractivity contribution >= 4 is 85.0 Å². The lowest BCUT2D eigenvalue weighted by molar-refractivity contribution is 0.669. The van der Waals surface area contributed by atoms with Gasteiger partial charge in [-0.25, -0.2) is 15.0 Å². The van der Waals surface area contributed by atoms with Gasteiger partial charge in [-0.15, -0.1) is 22.7 Å². The number of aromatic nitrogens is 3. The summed E-state index contributed by atoms with van der Waals surface area (Å²) in [5.74, 6) is 1.88. The van der Waals surface area contributed by atoms with Crippen molar-refractivity contribution < 1.29 is 4.42 Å².